The van der Waals surface area contributed by atoms with Gasteiger partial charge in [0.15, 0.2) is 16.6 Å². The first-order chi connectivity index (χ1) is 15.6. The number of carbonyl (C=O) groups is 1. The number of halogens is 1. The monoisotopic (exact) mass is 512 g/mol. The fourth-order valence-corrected chi connectivity index (χ4v) is 5.09. The Morgan fingerprint density at radius 1 is 1.22 bits per heavy atom. The molecule has 0 unspecified atom stereocenters. The fraction of sp³-hybridized carbons (Fsp3) is 0.280. The highest BCUT2D eigenvalue weighted by molar-refractivity contribution is 9.10. The second-order valence-electron chi connectivity index (χ2n) is 7.52. The third kappa shape index (κ3) is 5.22. The van der Waals surface area contributed by atoms with Crippen LogP contribution >= 0.6 is 27.3 Å². The Bertz CT molecular complexity index is 1160. The number of hydrogen-bond acceptors (Lipinski definition) is 5. The maximum Gasteiger partial charge on any atom is 0.250 e. The molecule has 0 aliphatic heterocycles. The van der Waals surface area contributed by atoms with Crippen LogP contribution in [0.25, 0.3) is 17.3 Å². The topological polar surface area (TPSA) is 60.5 Å². The van der Waals surface area contributed by atoms with Gasteiger partial charge >= 0.3 is 0 Å². The van der Waals surface area contributed by atoms with Crippen LogP contribution in [-0.2, 0) is 17.6 Å². The Balaban J connectivity index is 1.43. The smallest absolute Gasteiger partial charge is 0.250 e. The molecule has 1 aliphatic rings. The van der Waals surface area contributed by atoms with Crippen molar-refractivity contribution in [3.8, 4) is 22.8 Å². The summed E-state index contributed by atoms with van der Waals surface area (Å²) >= 11 is 4.93. The molecule has 0 saturated heterocycles. The lowest BCUT2D eigenvalue weighted by Crippen LogP contribution is -2.07. The molecule has 0 atom stereocenters. The number of benzene rings is 2. The molecule has 1 N–H and O–H groups in total. The SMILES string of the molecule is CCOc1c(Br)cc(/C=C/C(=O)Nc2nc(-c3ccc4c(c3)CCCC4)cs2)cc1OC. The third-order valence-corrected chi connectivity index (χ3v) is 6.69. The predicted molar refractivity (Wildman–Crippen MR) is 134 cm³/mol. The Morgan fingerprint density at radius 2 is 2.03 bits per heavy atom. The quantitative estimate of drug-likeness (QED) is 0.366. The van der Waals surface area contributed by atoms with Crippen molar-refractivity contribution in [1.82, 2.24) is 4.98 Å². The van der Waals surface area contributed by atoms with Gasteiger partial charge in [-0.05, 0) is 89.5 Å². The Kier molecular flexibility index (Phi) is 7.27. The minimum atomic E-state index is -0.236. The van der Waals surface area contributed by atoms with Gasteiger partial charge in [0, 0.05) is 17.0 Å². The van der Waals surface area contributed by atoms with Gasteiger partial charge in [0.1, 0.15) is 0 Å². The van der Waals surface area contributed by atoms with E-state index in [-0.39, 0.29) is 5.91 Å². The normalized spacial score (nSPS) is 13.1. The van der Waals surface area contributed by atoms with Gasteiger partial charge in [-0.25, -0.2) is 4.98 Å². The third-order valence-electron chi connectivity index (χ3n) is 5.35. The summed E-state index contributed by atoms with van der Waals surface area (Å²) in [4.78, 5) is 17.0. The van der Waals surface area contributed by atoms with Gasteiger partial charge in [-0.3, -0.25) is 10.1 Å². The summed E-state index contributed by atoms with van der Waals surface area (Å²) in [5.74, 6) is 1.02. The molecule has 0 radical (unpaired) electrons. The van der Waals surface area contributed by atoms with Crippen LogP contribution in [0.3, 0.4) is 0 Å². The van der Waals surface area contributed by atoms with Crippen molar-refractivity contribution in [1.29, 1.82) is 0 Å². The van der Waals surface area contributed by atoms with Crippen LogP contribution in [0.15, 0.2) is 46.3 Å². The van der Waals surface area contributed by atoms with Crippen LogP contribution in [0.2, 0.25) is 0 Å². The lowest BCUT2D eigenvalue weighted by molar-refractivity contribution is -0.111. The van der Waals surface area contributed by atoms with Gasteiger partial charge in [0.2, 0.25) is 5.91 Å². The van der Waals surface area contributed by atoms with Gasteiger partial charge < -0.3 is 9.47 Å². The minimum absolute atomic E-state index is 0.236. The zero-order chi connectivity index (χ0) is 22.5. The van der Waals surface area contributed by atoms with E-state index in [0.29, 0.717) is 23.2 Å². The van der Waals surface area contributed by atoms with E-state index in [2.05, 4.69) is 44.4 Å². The summed E-state index contributed by atoms with van der Waals surface area (Å²) in [5.41, 5.74) is 5.69. The average molecular weight is 513 g/mol. The lowest BCUT2D eigenvalue weighted by Gasteiger charge is -2.16. The Morgan fingerprint density at radius 3 is 2.81 bits per heavy atom. The molecule has 0 fully saturated rings. The molecule has 4 rings (SSSR count). The zero-order valence-electron chi connectivity index (χ0n) is 18.1. The zero-order valence-corrected chi connectivity index (χ0v) is 20.5. The summed E-state index contributed by atoms with van der Waals surface area (Å²) in [6, 6.07) is 10.3. The highest BCUT2D eigenvalue weighted by atomic mass is 79.9. The number of aromatic nitrogens is 1. The fourth-order valence-electron chi connectivity index (χ4n) is 3.80. The molecular formula is C25H25BrN2O3S. The summed E-state index contributed by atoms with van der Waals surface area (Å²) in [7, 11) is 1.59. The number of amides is 1. The second-order valence-corrected chi connectivity index (χ2v) is 9.23. The highest BCUT2D eigenvalue weighted by Crippen LogP contribution is 2.37. The van der Waals surface area contributed by atoms with E-state index in [1.807, 2.05) is 24.4 Å². The predicted octanol–water partition coefficient (Wildman–Crippen LogP) is 6.51. The Labute approximate surface area is 200 Å². The molecular weight excluding hydrogens is 488 g/mol. The molecule has 7 heteroatoms. The number of thiazole rings is 1. The Hall–Kier alpha value is -2.64. The molecule has 1 amide bonds. The van der Waals surface area contributed by atoms with E-state index in [1.54, 1.807) is 13.2 Å². The molecule has 32 heavy (non-hydrogen) atoms. The van der Waals surface area contributed by atoms with Crippen LogP contribution in [0.5, 0.6) is 11.5 Å². The summed E-state index contributed by atoms with van der Waals surface area (Å²) in [6.45, 7) is 2.45. The maximum atomic E-state index is 12.4. The van der Waals surface area contributed by atoms with Crippen molar-refractivity contribution in [2.75, 3.05) is 19.0 Å². The number of fused-ring (bicyclic) bond motifs is 1. The standard InChI is InChI=1S/C25H25BrN2O3S/c1-3-31-24-20(26)12-16(13-22(24)30-2)8-11-23(29)28-25-27-21(15-32-25)19-10-9-17-6-4-5-7-18(17)14-19/h8-15H,3-7H2,1-2H3,(H,27,28,29)/b11-8+. The molecule has 5 nitrogen and oxygen atoms in total. The van der Waals surface area contributed by atoms with Crippen LogP contribution in [0.4, 0.5) is 5.13 Å². The van der Waals surface area contributed by atoms with Crippen LogP contribution in [-0.4, -0.2) is 24.6 Å². The highest BCUT2D eigenvalue weighted by Gasteiger charge is 2.13. The lowest BCUT2D eigenvalue weighted by atomic mass is 9.90. The number of nitrogens with one attached hydrogen (secondary N) is 1. The van der Waals surface area contributed by atoms with Gasteiger partial charge in [0.05, 0.1) is 23.9 Å². The van der Waals surface area contributed by atoms with Crippen molar-refractivity contribution in [2.45, 2.75) is 32.6 Å². The van der Waals surface area contributed by atoms with Gasteiger partial charge in [-0.15, -0.1) is 11.3 Å². The molecule has 1 aliphatic carbocycles. The average Bonchev–Trinajstić information content (AvgIpc) is 3.27. The van der Waals surface area contributed by atoms with Gasteiger partial charge in [0.25, 0.3) is 0 Å². The molecule has 1 heterocycles. The van der Waals surface area contributed by atoms with Crippen molar-refractivity contribution in [3.63, 3.8) is 0 Å². The van der Waals surface area contributed by atoms with E-state index < -0.39 is 0 Å². The van der Waals surface area contributed by atoms with E-state index in [4.69, 9.17) is 9.47 Å². The first kappa shape index (κ1) is 22.6. The van der Waals surface area contributed by atoms with Crippen molar-refractivity contribution >= 4 is 44.4 Å². The molecule has 0 spiro atoms. The van der Waals surface area contributed by atoms with Crippen molar-refractivity contribution in [2.24, 2.45) is 0 Å². The first-order valence-corrected chi connectivity index (χ1v) is 12.3. The molecule has 166 valence electrons. The van der Waals surface area contributed by atoms with Gasteiger partial charge in [-0.1, -0.05) is 12.1 Å². The molecule has 2 aromatic carbocycles. The van der Waals surface area contributed by atoms with Crippen LogP contribution in [0, 0.1) is 0 Å². The molecule has 3 aromatic rings. The number of anilines is 1. The second kappa shape index (κ2) is 10.3. The number of nitrogens with zero attached hydrogens (tertiary/aromatic N) is 1. The van der Waals surface area contributed by atoms with Crippen LogP contribution in [0.1, 0.15) is 36.5 Å². The van der Waals surface area contributed by atoms with E-state index in [1.165, 1.54) is 41.4 Å². The summed E-state index contributed by atoms with van der Waals surface area (Å²) < 4.78 is 11.8. The number of methoxy groups -OCH3 is 1. The van der Waals surface area contributed by atoms with E-state index >= 15 is 0 Å². The minimum Gasteiger partial charge on any atom is -0.493 e. The van der Waals surface area contributed by atoms with Crippen molar-refractivity contribution in [3.05, 3.63) is 63.0 Å². The number of ether oxygens (including phenoxy) is 2. The van der Waals surface area contributed by atoms with E-state index in [0.717, 1.165) is 34.1 Å². The first-order valence-electron chi connectivity index (χ1n) is 10.6. The summed E-state index contributed by atoms with van der Waals surface area (Å²) in [5, 5.41) is 5.42. The summed E-state index contributed by atoms with van der Waals surface area (Å²) in [6.07, 6.45) is 8.04. The number of hydrogen-bond donors (Lipinski definition) is 1. The maximum absolute atomic E-state index is 12.4. The van der Waals surface area contributed by atoms with Crippen LogP contribution < -0.4 is 14.8 Å². The molecule has 0 saturated carbocycles. The number of aryl methyl sites for hydroxylation is 2. The van der Waals surface area contributed by atoms with Crippen molar-refractivity contribution < 1.29 is 14.3 Å². The van der Waals surface area contributed by atoms with E-state index in [9.17, 15) is 4.79 Å². The number of rotatable bonds is 7. The largest absolute Gasteiger partial charge is 0.493 e. The molecule has 1 aromatic heterocycles. The molecule has 0 bridgehead atoms. The van der Waals surface area contributed by atoms with Gasteiger partial charge in [-0.2, -0.15) is 0 Å². The number of carbonyl (C=O) groups excluding carboxylic acids is 1.